The summed E-state index contributed by atoms with van der Waals surface area (Å²) in [4.78, 5) is 36.9. The molecule has 1 atom stereocenters. The number of anilines is 2. The third kappa shape index (κ3) is 4.52. The molecule has 1 aromatic carbocycles. The zero-order valence-corrected chi connectivity index (χ0v) is 15.6. The molecule has 1 aliphatic heterocycles. The lowest BCUT2D eigenvalue weighted by Crippen LogP contribution is -2.52. The van der Waals surface area contributed by atoms with Crippen LogP contribution in [-0.2, 0) is 4.79 Å². The fourth-order valence-electron chi connectivity index (χ4n) is 3.06. The largest absolute Gasteiger partial charge is 0.374 e. The van der Waals surface area contributed by atoms with Crippen LogP contribution in [0.2, 0.25) is 0 Å². The molecule has 2 heterocycles. The van der Waals surface area contributed by atoms with Crippen molar-refractivity contribution in [2.75, 3.05) is 43.4 Å². The van der Waals surface area contributed by atoms with Crippen LogP contribution in [0.15, 0.2) is 42.7 Å². The number of aromatic nitrogens is 2. The molecule has 1 aliphatic rings. The van der Waals surface area contributed by atoms with Gasteiger partial charge in [-0.05, 0) is 31.2 Å². The zero-order valence-electron chi connectivity index (χ0n) is 15.6. The van der Waals surface area contributed by atoms with E-state index in [1.165, 1.54) is 0 Å². The molecule has 2 N–H and O–H groups in total. The summed E-state index contributed by atoms with van der Waals surface area (Å²) in [5.41, 5.74) is 1.30. The van der Waals surface area contributed by atoms with Gasteiger partial charge in [-0.25, -0.2) is 9.97 Å². The first-order valence-electron chi connectivity index (χ1n) is 8.98. The number of benzene rings is 1. The van der Waals surface area contributed by atoms with Gasteiger partial charge in [0, 0.05) is 56.9 Å². The van der Waals surface area contributed by atoms with Crippen molar-refractivity contribution in [3.8, 4) is 0 Å². The summed E-state index contributed by atoms with van der Waals surface area (Å²) in [5, 5.41) is 5.79. The number of carbonyl (C=O) groups excluding carboxylic acids is 2. The van der Waals surface area contributed by atoms with Crippen molar-refractivity contribution in [1.29, 1.82) is 0 Å². The number of hydrogen-bond donors (Lipinski definition) is 2. The van der Waals surface area contributed by atoms with Gasteiger partial charge in [0.25, 0.3) is 5.91 Å². The van der Waals surface area contributed by atoms with Crippen LogP contribution in [0.1, 0.15) is 17.3 Å². The average molecular weight is 368 g/mol. The van der Waals surface area contributed by atoms with Crippen molar-refractivity contribution < 1.29 is 9.59 Å². The first-order valence-corrected chi connectivity index (χ1v) is 8.98. The van der Waals surface area contributed by atoms with Gasteiger partial charge in [0.2, 0.25) is 11.9 Å². The Hall–Kier alpha value is -3.16. The molecule has 0 radical (unpaired) electrons. The standard InChI is InChI=1S/C19H24N6O2/c1-14(23-16-6-3-5-15(13-16)17(26)20-2)18(27)24-9-11-25(12-10-24)19-21-7-4-8-22-19/h3-8,13-14,23H,9-12H2,1-2H3,(H,20,26). The fraction of sp³-hybridized carbons (Fsp3) is 0.368. The predicted octanol–water partition coefficient (Wildman–Crippen LogP) is 0.985. The van der Waals surface area contributed by atoms with E-state index in [-0.39, 0.29) is 17.9 Å². The number of hydrogen-bond acceptors (Lipinski definition) is 6. The van der Waals surface area contributed by atoms with Gasteiger partial charge in [0.05, 0.1) is 0 Å². The second kappa shape index (κ2) is 8.48. The van der Waals surface area contributed by atoms with Crippen LogP contribution < -0.4 is 15.5 Å². The van der Waals surface area contributed by atoms with E-state index in [0.717, 1.165) is 5.69 Å². The number of rotatable bonds is 5. The Morgan fingerprint density at radius 1 is 1.07 bits per heavy atom. The van der Waals surface area contributed by atoms with Crippen LogP contribution >= 0.6 is 0 Å². The van der Waals surface area contributed by atoms with Gasteiger partial charge >= 0.3 is 0 Å². The molecule has 2 aromatic rings. The predicted molar refractivity (Wildman–Crippen MR) is 104 cm³/mol. The molecule has 2 amide bonds. The van der Waals surface area contributed by atoms with Crippen molar-refractivity contribution in [2.24, 2.45) is 0 Å². The second-order valence-corrected chi connectivity index (χ2v) is 6.39. The Bertz CT molecular complexity index is 790. The minimum Gasteiger partial charge on any atom is -0.374 e. The third-order valence-electron chi connectivity index (χ3n) is 4.53. The van der Waals surface area contributed by atoms with Gasteiger partial charge in [0.1, 0.15) is 6.04 Å². The van der Waals surface area contributed by atoms with Crippen molar-refractivity contribution in [3.05, 3.63) is 48.3 Å². The van der Waals surface area contributed by atoms with Crippen LogP contribution in [0, 0.1) is 0 Å². The highest BCUT2D eigenvalue weighted by Gasteiger charge is 2.25. The normalized spacial score (nSPS) is 15.2. The van der Waals surface area contributed by atoms with Crippen LogP contribution in [-0.4, -0.2) is 66.0 Å². The summed E-state index contributed by atoms with van der Waals surface area (Å²) >= 11 is 0. The Morgan fingerprint density at radius 3 is 2.44 bits per heavy atom. The quantitative estimate of drug-likeness (QED) is 0.818. The Kier molecular flexibility index (Phi) is 5.85. The van der Waals surface area contributed by atoms with E-state index in [4.69, 9.17) is 0 Å². The lowest BCUT2D eigenvalue weighted by atomic mass is 10.1. The number of nitrogens with zero attached hydrogens (tertiary/aromatic N) is 4. The maximum Gasteiger partial charge on any atom is 0.251 e. The molecule has 1 unspecified atom stereocenters. The lowest BCUT2D eigenvalue weighted by molar-refractivity contribution is -0.131. The van der Waals surface area contributed by atoms with E-state index in [0.29, 0.717) is 37.7 Å². The Balaban J connectivity index is 1.56. The van der Waals surface area contributed by atoms with Crippen LogP contribution in [0.4, 0.5) is 11.6 Å². The molecule has 8 nitrogen and oxygen atoms in total. The molecule has 0 saturated carbocycles. The van der Waals surface area contributed by atoms with Crippen molar-refractivity contribution >= 4 is 23.5 Å². The second-order valence-electron chi connectivity index (χ2n) is 6.39. The highest BCUT2D eigenvalue weighted by atomic mass is 16.2. The molecule has 0 bridgehead atoms. The van der Waals surface area contributed by atoms with E-state index >= 15 is 0 Å². The Morgan fingerprint density at radius 2 is 1.78 bits per heavy atom. The molecule has 0 aliphatic carbocycles. The lowest BCUT2D eigenvalue weighted by Gasteiger charge is -2.36. The van der Waals surface area contributed by atoms with E-state index in [1.54, 1.807) is 43.7 Å². The molecule has 1 fully saturated rings. The van der Waals surface area contributed by atoms with Crippen LogP contribution in [0.3, 0.4) is 0 Å². The van der Waals surface area contributed by atoms with Crippen molar-refractivity contribution in [3.63, 3.8) is 0 Å². The van der Waals surface area contributed by atoms with Gasteiger partial charge in [-0.15, -0.1) is 0 Å². The number of piperazine rings is 1. The molecule has 1 saturated heterocycles. The maximum atomic E-state index is 12.8. The SMILES string of the molecule is CNC(=O)c1cccc(NC(C)C(=O)N2CCN(c3ncccn3)CC2)c1. The smallest absolute Gasteiger partial charge is 0.251 e. The van der Waals surface area contributed by atoms with E-state index in [2.05, 4.69) is 25.5 Å². The molecule has 142 valence electrons. The summed E-state index contributed by atoms with van der Waals surface area (Å²) in [5.74, 6) is 0.577. The van der Waals surface area contributed by atoms with Gasteiger partial charge in [-0.3, -0.25) is 9.59 Å². The number of nitrogens with one attached hydrogen (secondary N) is 2. The summed E-state index contributed by atoms with van der Waals surface area (Å²) in [6.07, 6.45) is 3.44. The highest BCUT2D eigenvalue weighted by molar-refractivity contribution is 5.95. The molecular weight excluding hydrogens is 344 g/mol. The summed E-state index contributed by atoms with van der Waals surface area (Å²) in [6.45, 7) is 4.49. The summed E-state index contributed by atoms with van der Waals surface area (Å²) in [6, 6.07) is 8.53. The average Bonchev–Trinajstić information content (AvgIpc) is 2.73. The van der Waals surface area contributed by atoms with E-state index < -0.39 is 0 Å². The maximum absolute atomic E-state index is 12.8. The monoisotopic (exact) mass is 368 g/mol. The zero-order chi connectivity index (χ0) is 19.2. The first kappa shape index (κ1) is 18.6. The summed E-state index contributed by atoms with van der Waals surface area (Å²) in [7, 11) is 1.59. The minimum atomic E-state index is -0.385. The van der Waals surface area contributed by atoms with Crippen molar-refractivity contribution in [1.82, 2.24) is 20.2 Å². The van der Waals surface area contributed by atoms with Gasteiger partial charge in [0.15, 0.2) is 0 Å². The Labute approximate surface area is 158 Å². The summed E-state index contributed by atoms with van der Waals surface area (Å²) < 4.78 is 0. The third-order valence-corrected chi connectivity index (χ3v) is 4.53. The molecule has 8 heteroatoms. The molecule has 0 spiro atoms. The minimum absolute atomic E-state index is 0.0361. The topological polar surface area (TPSA) is 90.5 Å². The fourth-order valence-corrected chi connectivity index (χ4v) is 3.06. The van der Waals surface area contributed by atoms with Crippen LogP contribution in [0.25, 0.3) is 0 Å². The van der Waals surface area contributed by atoms with Crippen LogP contribution in [0.5, 0.6) is 0 Å². The van der Waals surface area contributed by atoms with Gasteiger partial charge in [-0.2, -0.15) is 0 Å². The molecule has 1 aromatic heterocycles. The molecular formula is C19H24N6O2. The van der Waals surface area contributed by atoms with Gasteiger partial charge < -0.3 is 20.4 Å². The van der Waals surface area contributed by atoms with Gasteiger partial charge in [-0.1, -0.05) is 6.07 Å². The number of carbonyl (C=O) groups is 2. The first-order chi connectivity index (χ1) is 13.1. The highest BCUT2D eigenvalue weighted by Crippen LogP contribution is 2.14. The number of amides is 2. The van der Waals surface area contributed by atoms with Crippen molar-refractivity contribution in [2.45, 2.75) is 13.0 Å². The van der Waals surface area contributed by atoms with E-state index in [1.807, 2.05) is 17.9 Å². The molecule has 27 heavy (non-hydrogen) atoms. The van der Waals surface area contributed by atoms with E-state index in [9.17, 15) is 9.59 Å². The molecule has 3 rings (SSSR count).